The van der Waals surface area contributed by atoms with Gasteiger partial charge in [-0.1, -0.05) is 69.7 Å². The predicted molar refractivity (Wildman–Crippen MR) is 271 cm³/mol. The Balaban J connectivity index is 0.733. The number of anilines is 1. The van der Waals surface area contributed by atoms with Gasteiger partial charge >= 0.3 is 0 Å². The van der Waals surface area contributed by atoms with E-state index < -0.39 is 35.3 Å². The molecule has 4 amide bonds. The van der Waals surface area contributed by atoms with Crippen molar-refractivity contribution >= 4 is 51.7 Å². The molecular weight excluding hydrogens is 926 g/mol. The highest BCUT2D eigenvalue weighted by Gasteiger charge is 2.44. The predicted octanol–water partition coefficient (Wildman–Crippen LogP) is 5.87. The second kappa shape index (κ2) is 22.5. The molecule has 374 valence electrons. The van der Waals surface area contributed by atoms with Gasteiger partial charge in [0.05, 0.1) is 47.6 Å². The molecule has 0 unspecified atom stereocenters. The first-order chi connectivity index (χ1) is 34.2. The summed E-state index contributed by atoms with van der Waals surface area (Å²) in [6, 6.07) is 18.8. The van der Waals surface area contributed by atoms with Gasteiger partial charge in [0.15, 0.2) is 5.82 Å². The van der Waals surface area contributed by atoms with E-state index in [1.54, 1.807) is 29.7 Å². The van der Waals surface area contributed by atoms with Crippen LogP contribution in [-0.2, 0) is 25.7 Å². The van der Waals surface area contributed by atoms with Gasteiger partial charge in [-0.3, -0.25) is 29.2 Å². The third-order valence-electron chi connectivity index (χ3n) is 13.1. The Labute approximate surface area is 416 Å². The minimum atomic E-state index is -0.903. The van der Waals surface area contributed by atoms with Crippen molar-refractivity contribution in [2.24, 2.45) is 5.41 Å². The number of halogens is 1. The van der Waals surface area contributed by atoms with E-state index in [0.29, 0.717) is 54.8 Å². The lowest BCUT2D eigenvalue weighted by Crippen LogP contribution is -2.57. The number of likely N-dealkylation sites (tertiary alicyclic amines) is 1. The number of benzene rings is 3. The highest BCUT2D eigenvalue weighted by Crippen LogP contribution is 2.34. The van der Waals surface area contributed by atoms with E-state index in [9.17, 15) is 28.7 Å². The van der Waals surface area contributed by atoms with E-state index in [2.05, 4.69) is 50.9 Å². The molecule has 0 spiro atoms. The first-order valence-electron chi connectivity index (χ1n) is 24.1. The Hall–Kier alpha value is -6.83. The quantitative estimate of drug-likeness (QED) is 0.0641. The molecule has 2 saturated heterocycles. The molecule has 0 radical (unpaired) electrons. The molecule has 3 atom stereocenters. The first-order valence-corrected chi connectivity index (χ1v) is 25.0. The summed E-state index contributed by atoms with van der Waals surface area (Å²) in [5, 5.41) is 27.0. The summed E-state index contributed by atoms with van der Waals surface area (Å²) < 4.78 is 20.2. The smallest absolute Gasteiger partial charge is 0.246 e. The summed E-state index contributed by atoms with van der Waals surface area (Å²) in [5.41, 5.74) is 7.98. The number of carbonyl (C=O) groups excluding carboxylic acids is 4. The number of ether oxygens (including phenoxy) is 1. The summed E-state index contributed by atoms with van der Waals surface area (Å²) in [6.07, 6.45) is 3.03. The SMILES string of the molecule is COc1cccc(F)c1-c1ncc2[nH]nc(-c3ccc(N4CCN(CC(=O)NCCCCCC(=O)N[C@H](C(=O)N5C[C@H](O)C[C@H]5C(=O)NCc5ccc(-c6scnc6C)cc5)C(C)(C)C)CC4)cc3)c2n1. The number of rotatable bonds is 18. The number of nitrogens with zero attached hydrogens (tertiary/aromatic N) is 7. The van der Waals surface area contributed by atoms with Gasteiger partial charge in [0.25, 0.3) is 0 Å². The third-order valence-corrected chi connectivity index (χ3v) is 14.1. The Morgan fingerprint density at radius 3 is 2.38 bits per heavy atom. The van der Waals surface area contributed by atoms with Gasteiger partial charge in [-0.25, -0.2) is 19.3 Å². The molecule has 0 saturated carbocycles. The van der Waals surface area contributed by atoms with Crippen LogP contribution in [-0.4, -0.2) is 135 Å². The largest absolute Gasteiger partial charge is 0.496 e. The van der Waals surface area contributed by atoms with Gasteiger partial charge in [-0.2, -0.15) is 5.10 Å². The number of aromatic amines is 1. The van der Waals surface area contributed by atoms with Crippen molar-refractivity contribution < 1.29 is 33.4 Å². The van der Waals surface area contributed by atoms with E-state index in [1.165, 1.54) is 18.1 Å². The van der Waals surface area contributed by atoms with Gasteiger partial charge in [0, 0.05) is 69.9 Å². The molecule has 71 heavy (non-hydrogen) atoms. The fourth-order valence-corrected chi connectivity index (χ4v) is 9.92. The Morgan fingerprint density at radius 2 is 1.68 bits per heavy atom. The van der Waals surface area contributed by atoms with Crippen molar-refractivity contribution in [2.75, 3.05) is 57.8 Å². The van der Waals surface area contributed by atoms with E-state index in [1.807, 2.05) is 81.7 Å². The van der Waals surface area contributed by atoms with Crippen LogP contribution in [0, 0.1) is 18.2 Å². The van der Waals surface area contributed by atoms with Crippen molar-refractivity contribution in [2.45, 2.75) is 84.5 Å². The highest BCUT2D eigenvalue weighted by atomic mass is 32.1. The number of hydrogen-bond donors (Lipinski definition) is 5. The lowest BCUT2D eigenvalue weighted by molar-refractivity contribution is -0.144. The molecule has 17 nitrogen and oxygen atoms in total. The number of piperazine rings is 1. The number of thiazole rings is 1. The summed E-state index contributed by atoms with van der Waals surface area (Å²) in [7, 11) is 1.48. The normalized spacial score (nSPS) is 16.8. The van der Waals surface area contributed by atoms with Crippen LogP contribution in [0.25, 0.3) is 44.1 Å². The number of fused-ring (bicyclic) bond motifs is 1. The van der Waals surface area contributed by atoms with Gasteiger partial charge < -0.3 is 35.6 Å². The van der Waals surface area contributed by atoms with Crippen molar-refractivity contribution in [1.29, 1.82) is 0 Å². The highest BCUT2D eigenvalue weighted by molar-refractivity contribution is 7.13. The van der Waals surface area contributed by atoms with Gasteiger partial charge in [-0.15, -0.1) is 11.3 Å². The second-order valence-electron chi connectivity index (χ2n) is 19.3. The average molecular weight is 988 g/mol. The number of aliphatic hydroxyl groups excluding tert-OH is 1. The van der Waals surface area contributed by atoms with Crippen LogP contribution in [0.4, 0.5) is 10.1 Å². The first kappa shape index (κ1) is 50.6. The lowest BCUT2D eigenvalue weighted by atomic mass is 9.85. The molecule has 2 aliphatic rings. The maximum Gasteiger partial charge on any atom is 0.246 e. The molecule has 0 bridgehead atoms. The molecule has 2 fully saturated rings. The topological polar surface area (TPSA) is 211 Å². The number of aryl methyl sites for hydroxylation is 1. The molecule has 3 aromatic carbocycles. The number of aromatic nitrogens is 5. The zero-order chi connectivity index (χ0) is 50.2. The summed E-state index contributed by atoms with van der Waals surface area (Å²) in [6.45, 7) is 11.6. The van der Waals surface area contributed by atoms with Crippen LogP contribution in [0.2, 0.25) is 0 Å². The van der Waals surface area contributed by atoms with Crippen LogP contribution in [0.3, 0.4) is 0 Å². The number of amides is 4. The minimum absolute atomic E-state index is 0.00278. The van der Waals surface area contributed by atoms with Gasteiger partial charge in [-0.05, 0) is 60.6 Å². The zero-order valence-electron chi connectivity index (χ0n) is 40.8. The van der Waals surface area contributed by atoms with Crippen molar-refractivity contribution in [3.63, 3.8) is 0 Å². The van der Waals surface area contributed by atoms with E-state index >= 15 is 0 Å². The van der Waals surface area contributed by atoms with Crippen molar-refractivity contribution in [3.05, 3.63) is 95.5 Å². The van der Waals surface area contributed by atoms with Gasteiger partial charge in [0.1, 0.15) is 40.4 Å². The summed E-state index contributed by atoms with van der Waals surface area (Å²) in [5.74, 6) is -1.01. The second-order valence-corrected chi connectivity index (χ2v) is 20.1. The Bertz CT molecular complexity index is 2820. The molecule has 2 aliphatic heterocycles. The number of nitrogens with one attached hydrogen (secondary N) is 4. The fourth-order valence-electron chi connectivity index (χ4n) is 9.11. The fraction of sp³-hybridized carbons (Fsp3) is 0.423. The van der Waals surface area contributed by atoms with E-state index in [0.717, 1.165) is 59.1 Å². The van der Waals surface area contributed by atoms with Crippen LogP contribution in [0.15, 0.2) is 78.4 Å². The van der Waals surface area contributed by atoms with Crippen LogP contribution in [0.5, 0.6) is 5.75 Å². The number of carbonyl (C=O) groups is 4. The van der Waals surface area contributed by atoms with Crippen LogP contribution < -0.4 is 25.6 Å². The molecule has 19 heteroatoms. The summed E-state index contributed by atoms with van der Waals surface area (Å²) >= 11 is 1.57. The van der Waals surface area contributed by atoms with E-state index in [4.69, 9.17) is 4.74 Å². The Morgan fingerprint density at radius 1 is 0.930 bits per heavy atom. The molecule has 6 aromatic rings. The number of H-pyrrole nitrogens is 1. The lowest BCUT2D eigenvalue weighted by Gasteiger charge is -2.35. The molecule has 0 aliphatic carbocycles. The Kier molecular flexibility index (Phi) is 16.0. The third kappa shape index (κ3) is 12.2. The molecule has 3 aromatic heterocycles. The van der Waals surface area contributed by atoms with Crippen molar-refractivity contribution in [3.8, 4) is 38.8 Å². The number of β-amino-alcohol motifs (C(OH)–C–C–N with tert-alkyl or cyclic N) is 1. The minimum Gasteiger partial charge on any atom is -0.496 e. The molecule has 5 N–H and O–H groups in total. The molecule has 8 rings (SSSR count). The molecule has 5 heterocycles. The number of unbranched alkanes of at least 4 members (excludes halogenated alkanes) is 2. The monoisotopic (exact) mass is 987 g/mol. The maximum atomic E-state index is 14.8. The maximum absolute atomic E-state index is 14.8. The molecular formula is C52H62FN11O6S. The van der Waals surface area contributed by atoms with E-state index in [-0.39, 0.29) is 55.0 Å². The summed E-state index contributed by atoms with van der Waals surface area (Å²) in [4.78, 5) is 73.9. The number of aliphatic hydroxyl groups is 1. The zero-order valence-corrected chi connectivity index (χ0v) is 41.7. The van der Waals surface area contributed by atoms with Crippen LogP contribution in [0.1, 0.15) is 64.1 Å². The van der Waals surface area contributed by atoms with Crippen molar-refractivity contribution in [1.82, 2.24) is 50.9 Å². The van der Waals surface area contributed by atoms with Crippen LogP contribution >= 0.6 is 11.3 Å². The number of hydrogen-bond acceptors (Lipinski definition) is 13. The number of methoxy groups -OCH3 is 1. The average Bonchev–Trinajstić information content (AvgIpc) is 4.11. The standard InChI is InChI=1S/C52H62FN11O6S/c1-32-47(71-31-57-32)35-15-13-33(14-16-35)27-56-50(68)40-26-37(65)29-64(40)51(69)48(52(2,3)4)58-42(66)12-7-6-8-21-54-43(67)30-62-22-24-63(25-23-62)36-19-17-34(18-20-36)45-46-39(60-61-45)28-55-49(59-46)44-38(53)10-9-11-41(44)70-5/h9-11,13-20,28,31,37,40,48,65H,6-8,12,21-27,29-30H2,1-5H3,(H,54,67)(H,56,68)(H,58,66)(H,60,61)/t37-,40+,48-/m1/s1. The van der Waals surface area contributed by atoms with Gasteiger partial charge in [0.2, 0.25) is 23.6 Å².